The van der Waals surface area contributed by atoms with E-state index in [2.05, 4.69) is 51.4 Å². The summed E-state index contributed by atoms with van der Waals surface area (Å²) < 4.78 is 0. The number of piperazine rings is 2. The van der Waals surface area contributed by atoms with Crippen molar-refractivity contribution in [3.05, 3.63) is 47.0 Å². The number of nitrogens with zero attached hydrogens (tertiary/aromatic N) is 5. The molecule has 1 aromatic carbocycles. The minimum Gasteiger partial charge on any atom is -0.340 e. The Morgan fingerprint density at radius 3 is 2.38 bits per heavy atom. The zero-order chi connectivity index (χ0) is 22.3. The summed E-state index contributed by atoms with van der Waals surface area (Å²) in [6.07, 6.45) is 1.32. The maximum Gasteiger partial charge on any atom is 0.323 e. The molecule has 0 atom stereocenters. The van der Waals surface area contributed by atoms with Crippen LogP contribution in [0, 0.1) is 0 Å². The molecule has 2 fully saturated rings. The lowest BCUT2D eigenvalue weighted by Gasteiger charge is -2.34. The van der Waals surface area contributed by atoms with Gasteiger partial charge < -0.3 is 14.7 Å². The first kappa shape index (κ1) is 22.7. The third kappa shape index (κ3) is 6.27. The molecule has 8 nitrogen and oxygen atoms in total. The second-order valence-corrected chi connectivity index (χ2v) is 9.36. The van der Waals surface area contributed by atoms with Crippen LogP contribution < -0.4 is 5.32 Å². The number of hydrogen-bond acceptors (Lipinski definition) is 6. The first-order chi connectivity index (χ1) is 15.6. The van der Waals surface area contributed by atoms with Crippen molar-refractivity contribution in [1.82, 2.24) is 24.6 Å². The van der Waals surface area contributed by atoms with E-state index in [0.717, 1.165) is 71.0 Å². The van der Waals surface area contributed by atoms with Crippen molar-refractivity contribution in [2.75, 3.05) is 71.3 Å². The lowest BCUT2D eigenvalue weighted by molar-refractivity contribution is -0.132. The van der Waals surface area contributed by atoms with Crippen LogP contribution >= 0.6 is 11.3 Å². The lowest BCUT2D eigenvalue weighted by Crippen LogP contribution is -2.49. The largest absolute Gasteiger partial charge is 0.340 e. The van der Waals surface area contributed by atoms with Crippen LogP contribution in [0.1, 0.15) is 11.3 Å². The number of benzene rings is 1. The van der Waals surface area contributed by atoms with Crippen LogP contribution in [0.3, 0.4) is 0 Å². The van der Waals surface area contributed by atoms with E-state index in [-0.39, 0.29) is 18.4 Å². The highest BCUT2D eigenvalue weighted by Crippen LogP contribution is 2.18. The maximum atomic E-state index is 12.7. The fourth-order valence-corrected chi connectivity index (χ4v) is 4.75. The Balaban J connectivity index is 1.19. The van der Waals surface area contributed by atoms with Gasteiger partial charge in [-0.3, -0.25) is 15.0 Å². The number of carbonyl (C=O) groups is 2. The quantitative estimate of drug-likeness (QED) is 0.718. The number of thiazole rings is 1. The highest BCUT2D eigenvalue weighted by molar-refractivity contribution is 7.13. The fourth-order valence-electron chi connectivity index (χ4n) is 4.05. The number of urea groups is 1. The van der Waals surface area contributed by atoms with E-state index in [1.165, 1.54) is 16.9 Å². The van der Waals surface area contributed by atoms with Crippen LogP contribution in [0.5, 0.6) is 0 Å². The summed E-state index contributed by atoms with van der Waals surface area (Å²) in [6.45, 7) is 7.54. The molecular formula is C23H32N6O2S. The van der Waals surface area contributed by atoms with Gasteiger partial charge in [0.2, 0.25) is 5.91 Å². The van der Waals surface area contributed by atoms with E-state index in [0.29, 0.717) is 5.13 Å². The van der Waals surface area contributed by atoms with Crippen molar-refractivity contribution in [3.63, 3.8) is 0 Å². The number of anilines is 1. The number of nitrogens with one attached hydrogen (secondary N) is 1. The Hall–Kier alpha value is -2.49. The predicted octanol–water partition coefficient (Wildman–Crippen LogP) is 1.85. The summed E-state index contributed by atoms with van der Waals surface area (Å²) in [5.74, 6) is 0.106. The molecule has 2 saturated heterocycles. The average Bonchev–Trinajstić information content (AvgIpc) is 3.25. The maximum absolute atomic E-state index is 12.7. The van der Waals surface area contributed by atoms with Gasteiger partial charge in [0.15, 0.2) is 5.13 Å². The SMILES string of the molecule is CN1CCN(C(=O)Nc2nc(CC(=O)N3CCN(CCc4ccccc4)CC3)cs2)CC1. The van der Waals surface area contributed by atoms with Crippen LogP contribution in [0.15, 0.2) is 35.7 Å². The third-order valence-electron chi connectivity index (χ3n) is 6.17. The van der Waals surface area contributed by atoms with Crippen LogP contribution in [0.4, 0.5) is 9.93 Å². The first-order valence-corrected chi connectivity index (χ1v) is 12.2. The number of aromatic nitrogens is 1. The van der Waals surface area contributed by atoms with Gasteiger partial charge >= 0.3 is 6.03 Å². The molecule has 1 N–H and O–H groups in total. The summed E-state index contributed by atoms with van der Waals surface area (Å²) in [6, 6.07) is 10.4. The molecule has 0 aliphatic carbocycles. The number of carbonyl (C=O) groups excluding carboxylic acids is 2. The molecule has 0 saturated carbocycles. The highest BCUT2D eigenvalue weighted by Gasteiger charge is 2.23. The Bertz CT molecular complexity index is 889. The molecule has 3 amide bonds. The monoisotopic (exact) mass is 456 g/mol. The second kappa shape index (κ2) is 10.9. The molecule has 2 aromatic rings. The van der Waals surface area contributed by atoms with E-state index in [1.54, 1.807) is 0 Å². The molecule has 0 bridgehead atoms. The minimum absolute atomic E-state index is 0.106. The van der Waals surface area contributed by atoms with Crippen molar-refractivity contribution in [2.45, 2.75) is 12.8 Å². The molecule has 0 radical (unpaired) electrons. The van der Waals surface area contributed by atoms with Gasteiger partial charge in [0.1, 0.15) is 0 Å². The van der Waals surface area contributed by atoms with E-state index in [1.807, 2.05) is 21.2 Å². The smallest absolute Gasteiger partial charge is 0.323 e. The molecule has 1 aromatic heterocycles. The van der Waals surface area contributed by atoms with Gasteiger partial charge in [0, 0.05) is 64.3 Å². The van der Waals surface area contributed by atoms with Crippen molar-refractivity contribution in [3.8, 4) is 0 Å². The van der Waals surface area contributed by atoms with Gasteiger partial charge in [0.25, 0.3) is 0 Å². The molecule has 172 valence electrons. The summed E-state index contributed by atoms with van der Waals surface area (Å²) in [5.41, 5.74) is 2.07. The summed E-state index contributed by atoms with van der Waals surface area (Å²) >= 11 is 1.38. The van der Waals surface area contributed by atoms with E-state index in [4.69, 9.17) is 0 Å². The topological polar surface area (TPSA) is 72.0 Å². The van der Waals surface area contributed by atoms with E-state index >= 15 is 0 Å². The van der Waals surface area contributed by atoms with Gasteiger partial charge in [-0.2, -0.15) is 0 Å². The molecule has 0 spiro atoms. The average molecular weight is 457 g/mol. The standard InChI is InChI=1S/C23H32N6O2S/c1-26-9-13-29(14-10-26)23(31)25-22-24-20(18-32-22)17-21(30)28-15-11-27(12-16-28)8-7-19-5-3-2-4-6-19/h2-6,18H,7-17H2,1H3,(H,24,25,31). The fraction of sp³-hybridized carbons (Fsp3) is 0.522. The Morgan fingerprint density at radius 1 is 0.969 bits per heavy atom. The molecule has 0 unspecified atom stereocenters. The predicted molar refractivity (Wildman–Crippen MR) is 127 cm³/mol. The zero-order valence-electron chi connectivity index (χ0n) is 18.7. The Labute approximate surface area is 193 Å². The molecule has 2 aliphatic rings. The van der Waals surface area contributed by atoms with Crippen molar-refractivity contribution in [1.29, 1.82) is 0 Å². The highest BCUT2D eigenvalue weighted by atomic mass is 32.1. The van der Waals surface area contributed by atoms with Gasteiger partial charge in [-0.15, -0.1) is 11.3 Å². The van der Waals surface area contributed by atoms with Crippen LogP contribution in [-0.2, 0) is 17.6 Å². The molecule has 2 aliphatic heterocycles. The van der Waals surface area contributed by atoms with Gasteiger partial charge in [-0.25, -0.2) is 9.78 Å². The third-order valence-corrected chi connectivity index (χ3v) is 6.98. The Morgan fingerprint density at radius 2 is 1.66 bits per heavy atom. The summed E-state index contributed by atoms with van der Waals surface area (Å²) in [7, 11) is 2.06. The summed E-state index contributed by atoms with van der Waals surface area (Å²) in [4.78, 5) is 38.0. The van der Waals surface area contributed by atoms with E-state index < -0.39 is 0 Å². The number of likely N-dealkylation sites (N-methyl/N-ethyl adjacent to an activating group) is 1. The van der Waals surface area contributed by atoms with Gasteiger partial charge in [-0.05, 0) is 19.0 Å². The Kier molecular flexibility index (Phi) is 7.72. The number of amides is 3. The van der Waals surface area contributed by atoms with Crippen molar-refractivity contribution < 1.29 is 9.59 Å². The second-order valence-electron chi connectivity index (χ2n) is 8.50. The molecule has 3 heterocycles. The summed E-state index contributed by atoms with van der Waals surface area (Å²) in [5, 5.41) is 5.30. The van der Waals surface area contributed by atoms with Gasteiger partial charge in [-0.1, -0.05) is 30.3 Å². The minimum atomic E-state index is -0.114. The van der Waals surface area contributed by atoms with E-state index in [9.17, 15) is 9.59 Å². The van der Waals surface area contributed by atoms with Crippen molar-refractivity contribution in [2.24, 2.45) is 0 Å². The first-order valence-electron chi connectivity index (χ1n) is 11.3. The zero-order valence-corrected chi connectivity index (χ0v) is 19.5. The molecular weight excluding hydrogens is 424 g/mol. The van der Waals surface area contributed by atoms with Crippen molar-refractivity contribution >= 4 is 28.4 Å². The van der Waals surface area contributed by atoms with Crippen LogP contribution in [-0.4, -0.2) is 102 Å². The molecule has 32 heavy (non-hydrogen) atoms. The molecule has 9 heteroatoms. The number of rotatable bonds is 6. The van der Waals surface area contributed by atoms with Crippen LogP contribution in [0.2, 0.25) is 0 Å². The lowest BCUT2D eigenvalue weighted by atomic mass is 10.1. The van der Waals surface area contributed by atoms with Gasteiger partial charge in [0.05, 0.1) is 12.1 Å². The molecule has 4 rings (SSSR count). The number of hydrogen-bond donors (Lipinski definition) is 1. The normalized spacial score (nSPS) is 18.0. The van der Waals surface area contributed by atoms with Crippen LogP contribution in [0.25, 0.3) is 0 Å².